The first-order valence-corrected chi connectivity index (χ1v) is 9.14. The third kappa shape index (κ3) is 4.06. The Morgan fingerprint density at radius 1 is 1.25 bits per heavy atom. The highest BCUT2D eigenvalue weighted by molar-refractivity contribution is 7.13. The molecule has 3 rings (SSSR count). The monoisotopic (exact) mass is 345 g/mol. The number of amides is 1. The van der Waals surface area contributed by atoms with Crippen molar-refractivity contribution in [2.24, 2.45) is 0 Å². The molecule has 1 aliphatic rings. The van der Waals surface area contributed by atoms with E-state index < -0.39 is 0 Å². The predicted molar refractivity (Wildman–Crippen MR) is 96.9 cm³/mol. The van der Waals surface area contributed by atoms with Gasteiger partial charge in [-0.15, -0.1) is 11.3 Å². The smallest absolute Gasteiger partial charge is 0.226 e. The first-order chi connectivity index (χ1) is 11.6. The largest absolute Gasteiger partial charge is 0.493 e. The van der Waals surface area contributed by atoms with E-state index >= 15 is 0 Å². The summed E-state index contributed by atoms with van der Waals surface area (Å²) in [5.74, 6) is 1.03. The van der Waals surface area contributed by atoms with Crippen molar-refractivity contribution in [1.82, 2.24) is 9.88 Å². The minimum Gasteiger partial charge on any atom is -0.493 e. The molecule has 2 heterocycles. The summed E-state index contributed by atoms with van der Waals surface area (Å²) in [6.07, 6.45) is 2.24. The molecule has 0 aliphatic carbocycles. The molecule has 0 saturated carbocycles. The number of piperazine rings is 1. The van der Waals surface area contributed by atoms with Crippen molar-refractivity contribution in [3.63, 3.8) is 0 Å². The number of anilines is 1. The van der Waals surface area contributed by atoms with Crippen LogP contribution in [0.3, 0.4) is 0 Å². The molecule has 1 saturated heterocycles. The molecule has 5 nitrogen and oxygen atoms in total. The number of carbonyl (C=O) groups excluding carboxylic acids is 1. The average Bonchev–Trinajstić information content (AvgIpc) is 3.11. The highest BCUT2D eigenvalue weighted by Gasteiger charge is 2.22. The molecule has 0 N–H and O–H groups in total. The van der Waals surface area contributed by atoms with Crippen LogP contribution in [-0.2, 0) is 4.79 Å². The molecule has 0 unspecified atom stereocenters. The summed E-state index contributed by atoms with van der Waals surface area (Å²) >= 11 is 1.64. The molecule has 1 aromatic heterocycles. The number of thiazole rings is 1. The first-order valence-electron chi connectivity index (χ1n) is 8.26. The maximum absolute atomic E-state index is 12.3. The standard InChI is InChI=1S/C18H23N3O2S/c1-14-3-4-16(15(2)13-14)23-11-5-17(22)20-7-9-21(10-8-20)18-19-6-12-24-18/h3-4,6,12-13H,5,7-11H2,1-2H3. The zero-order valence-electron chi connectivity index (χ0n) is 14.2. The van der Waals surface area contributed by atoms with Crippen molar-refractivity contribution in [1.29, 1.82) is 0 Å². The highest BCUT2D eigenvalue weighted by atomic mass is 32.1. The molecule has 1 amide bonds. The zero-order valence-corrected chi connectivity index (χ0v) is 15.0. The minimum atomic E-state index is 0.165. The van der Waals surface area contributed by atoms with E-state index in [4.69, 9.17) is 4.74 Å². The number of hydrogen-bond donors (Lipinski definition) is 0. The Bertz CT molecular complexity index is 680. The fourth-order valence-corrected chi connectivity index (χ4v) is 3.58. The Hall–Kier alpha value is -2.08. The Labute approximate surface area is 146 Å². The molecule has 2 aromatic rings. The zero-order chi connectivity index (χ0) is 16.9. The van der Waals surface area contributed by atoms with Crippen molar-refractivity contribution in [2.75, 3.05) is 37.7 Å². The average molecular weight is 345 g/mol. The lowest BCUT2D eigenvalue weighted by Gasteiger charge is -2.34. The summed E-state index contributed by atoms with van der Waals surface area (Å²) in [7, 11) is 0. The topological polar surface area (TPSA) is 45.7 Å². The lowest BCUT2D eigenvalue weighted by Crippen LogP contribution is -2.49. The van der Waals surface area contributed by atoms with Gasteiger partial charge < -0.3 is 14.5 Å². The number of carbonyl (C=O) groups is 1. The third-order valence-corrected chi connectivity index (χ3v) is 5.06. The summed E-state index contributed by atoms with van der Waals surface area (Å²) in [6.45, 7) is 7.71. The number of rotatable bonds is 5. The molecule has 1 aliphatic heterocycles. The number of nitrogens with zero attached hydrogens (tertiary/aromatic N) is 3. The van der Waals surface area contributed by atoms with Crippen LogP contribution in [-0.4, -0.2) is 48.6 Å². The van der Waals surface area contributed by atoms with Gasteiger partial charge in [-0.25, -0.2) is 4.98 Å². The number of aryl methyl sites for hydroxylation is 2. The van der Waals surface area contributed by atoms with E-state index in [1.807, 2.05) is 35.5 Å². The van der Waals surface area contributed by atoms with Gasteiger partial charge in [-0.1, -0.05) is 17.7 Å². The van der Waals surface area contributed by atoms with Crippen molar-refractivity contribution < 1.29 is 9.53 Å². The van der Waals surface area contributed by atoms with E-state index in [-0.39, 0.29) is 5.91 Å². The second kappa shape index (κ2) is 7.66. The van der Waals surface area contributed by atoms with Gasteiger partial charge in [-0.05, 0) is 25.5 Å². The Morgan fingerprint density at radius 2 is 2.04 bits per heavy atom. The van der Waals surface area contributed by atoms with Crippen molar-refractivity contribution in [3.05, 3.63) is 40.9 Å². The van der Waals surface area contributed by atoms with E-state index in [0.29, 0.717) is 13.0 Å². The van der Waals surface area contributed by atoms with E-state index in [9.17, 15) is 4.79 Å². The summed E-state index contributed by atoms with van der Waals surface area (Å²) in [4.78, 5) is 20.8. The van der Waals surface area contributed by atoms with Gasteiger partial charge in [-0.3, -0.25) is 4.79 Å². The molecular weight excluding hydrogens is 322 g/mol. The second-order valence-corrected chi connectivity index (χ2v) is 6.92. The van der Waals surface area contributed by atoms with E-state index in [1.165, 1.54) is 5.56 Å². The number of ether oxygens (including phenoxy) is 1. The number of hydrogen-bond acceptors (Lipinski definition) is 5. The fraction of sp³-hybridized carbons (Fsp3) is 0.444. The van der Waals surface area contributed by atoms with Crippen molar-refractivity contribution in [3.8, 4) is 5.75 Å². The Kier molecular flexibility index (Phi) is 5.35. The molecular formula is C18H23N3O2S. The van der Waals surface area contributed by atoms with Crippen LogP contribution >= 0.6 is 11.3 Å². The maximum Gasteiger partial charge on any atom is 0.226 e. The van der Waals surface area contributed by atoms with E-state index in [2.05, 4.69) is 22.9 Å². The maximum atomic E-state index is 12.3. The summed E-state index contributed by atoms with van der Waals surface area (Å²) in [6, 6.07) is 6.10. The molecule has 1 fully saturated rings. The molecule has 24 heavy (non-hydrogen) atoms. The quantitative estimate of drug-likeness (QED) is 0.836. The molecule has 1 aromatic carbocycles. The second-order valence-electron chi connectivity index (χ2n) is 6.05. The Morgan fingerprint density at radius 3 is 2.71 bits per heavy atom. The van der Waals surface area contributed by atoms with E-state index in [1.54, 1.807) is 11.3 Å². The SMILES string of the molecule is Cc1ccc(OCCC(=O)N2CCN(c3nccs3)CC2)c(C)c1. The van der Waals surface area contributed by atoms with Crippen LogP contribution in [0.5, 0.6) is 5.75 Å². The van der Waals surface area contributed by atoms with Crippen LogP contribution < -0.4 is 9.64 Å². The van der Waals surface area contributed by atoms with Crippen molar-refractivity contribution in [2.45, 2.75) is 20.3 Å². The van der Waals surface area contributed by atoms with Crippen LogP contribution in [0.4, 0.5) is 5.13 Å². The fourth-order valence-electron chi connectivity index (χ4n) is 2.89. The molecule has 128 valence electrons. The Balaban J connectivity index is 1.43. The van der Waals surface area contributed by atoms with Gasteiger partial charge in [0.05, 0.1) is 13.0 Å². The van der Waals surface area contributed by atoms with E-state index in [0.717, 1.165) is 42.6 Å². The molecule has 0 spiro atoms. The first kappa shape index (κ1) is 16.8. The van der Waals surface area contributed by atoms with Gasteiger partial charge in [0.25, 0.3) is 0 Å². The van der Waals surface area contributed by atoms with Gasteiger partial charge in [-0.2, -0.15) is 0 Å². The third-order valence-electron chi connectivity index (χ3n) is 4.23. The summed E-state index contributed by atoms with van der Waals surface area (Å²) < 4.78 is 5.77. The molecule has 0 atom stereocenters. The van der Waals surface area contributed by atoms with Crippen molar-refractivity contribution >= 4 is 22.4 Å². The highest BCUT2D eigenvalue weighted by Crippen LogP contribution is 2.20. The number of aromatic nitrogens is 1. The van der Waals surface area contributed by atoms with Crippen LogP contribution in [0.2, 0.25) is 0 Å². The summed E-state index contributed by atoms with van der Waals surface area (Å²) in [5.41, 5.74) is 2.33. The van der Waals surface area contributed by atoms with Gasteiger partial charge in [0.15, 0.2) is 5.13 Å². The molecule has 6 heteroatoms. The minimum absolute atomic E-state index is 0.165. The molecule has 0 radical (unpaired) electrons. The van der Waals surface area contributed by atoms with Gasteiger partial charge in [0.2, 0.25) is 5.91 Å². The van der Waals surface area contributed by atoms with Gasteiger partial charge >= 0.3 is 0 Å². The van der Waals surface area contributed by atoms with Crippen LogP contribution in [0.15, 0.2) is 29.8 Å². The lowest BCUT2D eigenvalue weighted by atomic mass is 10.1. The van der Waals surface area contributed by atoms with Crippen LogP contribution in [0.25, 0.3) is 0 Å². The van der Waals surface area contributed by atoms with Gasteiger partial charge in [0, 0.05) is 37.8 Å². The normalized spacial score (nSPS) is 14.8. The predicted octanol–water partition coefficient (Wildman–Crippen LogP) is 2.88. The van der Waals surface area contributed by atoms with Crippen LogP contribution in [0.1, 0.15) is 17.5 Å². The number of benzene rings is 1. The summed E-state index contributed by atoms with van der Waals surface area (Å²) in [5, 5.41) is 3.03. The lowest BCUT2D eigenvalue weighted by molar-refractivity contribution is -0.132. The molecule has 0 bridgehead atoms. The van der Waals surface area contributed by atoms with Crippen LogP contribution in [0, 0.1) is 13.8 Å². The van der Waals surface area contributed by atoms with Gasteiger partial charge in [0.1, 0.15) is 5.75 Å².